The van der Waals surface area contributed by atoms with Crippen molar-refractivity contribution in [3.05, 3.63) is 35.9 Å². The third-order valence-corrected chi connectivity index (χ3v) is 5.86. The molecule has 1 aromatic carbocycles. The molecule has 1 aliphatic rings. The standard InChI is InChI=1S/C21H30N2O4/c1-4-21(5-2,17-9-7-6-8-10-17)20(27)22(3)15-18(24)23-13-11-16(12-14-23)19(25)26/h6-10,16H,4-5,11-15H2,1-3H3,(H,25,26). The van der Waals surface area contributed by atoms with E-state index in [4.69, 9.17) is 5.11 Å². The van der Waals surface area contributed by atoms with Gasteiger partial charge in [0.05, 0.1) is 17.9 Å². The molecule has 0 radical (unpaired) electrons. The molecule has 148 valence electrons. The Balaban J connectivity index is 2.05. The number of amides is 2. The van der Waals surface area contributed by atoms with Crippen molar-refractivity contribution in [1.82, 2.24) is 9.80 Å². The minimum atomic E-state index is -0.798. The Morgan fingerprint density at radius 2 is 1.67 bits per heavy atom. The Kier molecular flexibility index (Phi) is 6.99. The lowest BCUT2D eigenvalue weighted by Gasteiger charge is -2.36. The van der Waals surface area contributed by atoms with Crippen LogP contribution >= 0.6 is 0 Å². The lowest BCUT2D eigenvalue weighted by atomic mass is 9.74. The van der Waals surface area contributed by atoms with E-state index in [9.17, 15) is 14.4 Å². The Hall–Kier alpha value is -2.37. The van der Waals surface area contributed by atoms with Crippen LogP contribution in [-0.4, -0.2) is 59.4 Å². The maximum absolute atomic E-state index is 13.3. The second kappa shape index (κ2) is 9.02. The number of likely N-dealkylation sites (N-methyl/N-ethyl adjacent to an activating group) is 1. The van der Waals surface area contributed by atoms with Crippen LogP contribution in [0.2, 0.25) is 0 Å². The number of hydrogen-bond acceptors (Lipinski definition) is 3. The van der Waals surface area contributed by atoms with Gasteiger partial charge in [0.1, 0.15) is 0 Å². The summed E-state index contributed by atoms with van der Waals surface area (Å²) in [6.07, 6.45) is 2.26. The fourth-order valence-corrected chi connectivity index (χ4v) is 3.96. The van der Waals surface area contributed by atoms with E-state index < -0.39 is 11.4 Å². The van der Waals surface area contributed by atoms with Crippen LogP contribution in [0.25, 0.3) is 0 Å². The van der Waals surface area contributed by atoms with Gasteiger partial charge in [-0.25, -0.2) is 0 Å². The van der Waals surface area contributed by atoms with Crippen molar-refractivity contribution in [2.45, 2.75) is 44.9 Å². The first-order valence-electron chi connectivity index (χ1n) is 9.67. The summed E-state index contributed by atoms with van der Waals surface area (Å²) < 4.78 is 0. The number of likely N-dealkylation sites (tertiary alicyclic amines) is 1. The molecular weight excluding hydrogens is 344 g/mol. The second-order valence-corrected chi connectivity index (χ2v) is 7.31. The Morgan fingerprint density at radius 3 is 2.15 bits per heavy atom. The topological polar surface area (TPSA) is 77.9 Å². The van der Waals surface area contributed by atoms with Crippen LogP contribution in [-0.2, 0) is 19.8 Å². The van der Waals surface area contributed by atoms with Gasteiger partial charge in [-0.1, -0.05) is 44.2 Å². The van der Waals surface area contributed by atoms with Crippen LogP contribution in [0.5, 0.6) is 0 Å². The number of nitrogens with zero attached hydrogens (tertiary/aromatic N) is 2. The number of benzene rings is 1. The van der Waals surface area contributed by atoms with Crippen LogP contribution < -0.4 is 0 Å². The van der Waals surface area contributed by atoms with Crippen molar-refractivity contribution in [3.63, 3.8) is 0 Å². The van der Waals surface area contributed by atoms with Gasteiger partial charge >= 0.3 is 5.97 Å². The van der Waals surface area contributed by atoms with E-state index in [-0.39, 0.29) is 24.3 Å². The molecule has 2 rings (SSSR count). The zero-order chi connectivity index (χ0) is 20.0. The van der Waals surface area contributed by atoms with Crippen molar-refractivity contribution in [3.8, 4) is 0 Å². The third kappa shape index (κ3) is 4.49. The summed E-state index contributed by atoms with van der Waals surface area (Å²) >= 11 is 0. The molecule has 2 amide bonds. The van der Waals surface area contributed by atoms with Gasteiger partial charge in [-0.05, 0) is 31.2 Å². The van der Waals surface area contributed by atoms with Gasteiger partial charge in [0.15, 0.2) is 0 Å². The Bertz CT molecular complexity index is 662. The number of aliphatic carboxylic acids is 1. The van der Waals surface area contributed by atoms with Gasteiger partial charge in [0, 0.05) is 20.1 Å². The SMILES string of the molecule is CCC(CC)(C(=O)N(C)CC(=O)N1CCC(C(=O)O)CC1)c1ccccc1. The van der Waals surface area contributed by atoms with E-state index in [1.807, 2.05) is 44.2 Å². The van der Waals surface area contributed by atoms with Crippen molar-refractivity contribution in [2.24, 2.45) is 5.92 Å². The first-order chi connectivity index (χ1) is 12.9. The van der Waals surface area contributed by atoms with Crippen LogP contribution in [0.1, 0.15) is 45.1 Å². The molecular formula is C21H30N2O4. The normalized spacial score (nSPS) is 15.4. The molecule has 1 fully saturated rings. The fraction of sp³-hybridized carbons (Fsp3) is 0.571. The summed E-state index contributed by atoms with van der Waals surface area (Å²) in [7, 11) is 1.67. The van der Waals surface area contributed by atoms with Crippen LogP contribution in [0.4, 0.5) is 0 Å². The quantitative estimate of drug-likeness (QED) is 0.795. The summed E-state index contributed by atoms with van der Waals surface area (Å²) in [4.78, 5) is 40.1. The summed E-state index contributed by atoms with van der Waals surface area (Å²) in [5, 5.41) is 9.08. The van der Waals surface area contributed by atoms with E-state index in [0.717, 1.165) is 5.56 Å². The third-order valence-electron chi connectivity index (χ3n) is 5.86. The second-order valence-electron chi connectivity index (χ2n) is 7.31. The van der Waals surface area contributed by atoms with Crippen molar-refractivity contribution < 1.29 is 19.5 Å². The maximum atomic E-state index is 13.3. The van der Waals surface area contributed by atoms with Crippen molar-refractivity contribution >= 4 is 17.8 Å². The summed E-state index contributed by atoms with van der Waals surface area (Å²) in [6.45, 7) is 4.89. The maximum Gasteiger partial charge on any atom is 0.306 e. The highest BCUT2D eigenvalue weighted by atomic mass is 16.4. The molecule has 27 heavy (non-hydrogen) atoms. The largest absolute Gasteiger partial charge is 0.481 e. The van der Waals surface area contributed by atoms with Crippen molar-refractivity contribution in [2.75, 3.05) is 26.7 Å². The monoisotopic (exact) mass is 374 g/mol. The van der Waals surface area contributed by atoms with Crippen molar-refractivity contribution in [1.29, 1.82) is 0 Å². The van der Waals surface area contributed by atoms with Gasteiger partial charge in [-0.3, -0.25) is 14.4 Å². The van der Waals surface area contributed by atoms with Gasteiger partial charge < -0.3 is 14.9 Å². The highest BCUT2D eigenvalue weighted by Crippen LogP contribution is 2.33. The van der Waals surface area contributed by atoms with Gasteiger partial charge in [-0.2, -0.15) is 0 Å². The Morgan fingerprint density at radius 1 is 1.11 bits per heavy atom. The Labute approximate surface area is 161 Å². The molecule has 0 bridgehead atoms. The highest BCUT2D eigenvalue weighted by Gasteiger charge is 2.39. The van der Waals surface area contributed by atoms with E-state index in [1.165, 1.54) is 4.90 Å². The van der Waals surface area contributed by atoms with Crippen LogP contribution in [0.15, 0.2) is 30.3 Å². The zero-order valence-corrected chi connectivity index (χ0v) is 16.5. The summed E-state index contributed by atoms with van der Waals surface area (Å²) in [5.74, 6) is -1.34. The van der Waals surface area contributed by atoms with E-state index >= 15 is 0 Å². The number of carbonyl (C=O) groups is 3. The fourth-order valence-electron chi connectivity index (χ4n) is 3.96. The number of piperidine rings is 1. The van der Waals surface area contributed by atoms with Gasteiger partial charge in [-0.15, -0.1) is 0 Å². The number of rotatable bonds is 7. The molecule has 0 aliphatic carbocycles. The molecule has 0 unspecified atom stereocenters. The summed E-state index contributed by atoms with van der Waals surface area (Å²) in [5.41, 5.74) is 0.341. The zero-order valence-electron chi connectivity index (χ0n) is 16.5. The molecule has 1 saturated heterocycles. The smallest absolute Gasteiger partial charge is 0.306 e. The number of hydrogen-bond donors (Lipinski definition) is 1. The molecule has 0 saturated carbocycles. The van der Waals surface area contributed by atoms with E-state index in [2.05, 4.69) is 0 Å². The average Bonchev–Trinajstić information content (AvgIpc) is 2.70. The minimum absolute atomic E-state index is 0.0190. The molecule has 1 aromatic rings. The van der Waals surface area contributed by atoms with Crippen LogP contribution in [0.3, 0.4) is 0 Å². The first-order valence-corrected chi connectivity index (χ1v) is 9.67. The van der Waals surface area contributed by atoms with Gasteiger partial charge in [0.2, 0.25) is 11.8 Å². The van der Waals surface area contributed by atoms with Crippen LogP contribution in [0, 0.1) is 5.92 Å². The molecule has 1 aliphatic heterocycles. The first kappa shape index (κ1) is 20.9. The predicted molar refractivity (Wildman–Crippen MR) is 103 cm³/mol. The average molecular weight is 374 g/mol. The molecule has 1 heterocycles. The predicted octanol–water partition coefficient (Wildman–Crippen LogP) is 2.53. The van der Waals surface area contributed by atoms with Gasteiger partial charge in [0.25, 0.3) is 0 Å². The molecule has 0 spiro atoms. The summed E-state index contributed by atoms with van der Waals surface area (Å²) in [6, 6.07) is 9.73. The molecule has 6 heteroatoms. The number of carboxylic acids is 1. The van der Waals surface area contributed by atoms with E-state index in [0.29, 0.717) is 38.8 Å². The molecule has 6 nitrogen and oxygen atoms in total. The lowest BCUT2D eigenvalue weighted by molar-refractivity contribution is -0.147. The molecule has 1 N–H and O–H groups in total. The lowest BCUT2D eigenvalue weighted by Crippen LogP contribution is -2.50. The van der Waals surface area contributed by atoms with E-state index in [1.54, 1.807) is 11.9 Å². The number of carbonyl (C=O) groups excluding carboxylic acids is 2. The minimum Gasteiger partial charge on any atom is -0.481 e. The number of carboxylic acid groups (broad SMARTS) is 1. The molecule has 0 aromatic heterocycles. The molecule has 0 atom stereocenters. The highest BCUT2D eigenvalue weighted by molar-refractivity contribution is 5.91.